The van der Waals surface area contributed by atoms with Gasteiger partial charge in [-0.15, -0.1) is 0 Å². The van der Waals surface area contributed by atoms with E-state index < -0.39 is 0 Å². The highest BCUT2D eigenvalue weighted by molar-refractivity contribution is 5.75. The van der Waals surface area contributed by atoms with Crippen molar-refractivity contribution in [3.05, 3.63) is 82.2 Å². The molecule has 0 atom stereocenters. The molecule has 1 fully saturated rings. The van der Waals surface area contributed by atoms with Crippen LogP contribution in [0.3, 0.4) is 0 Å². The number of aryl methyl sites for hydroxylation is 1. The maximum atomic E-state index is 12.0. The highest BCUT2D eigenvalue weighted by atomic mass is 16.6. The summed E-state index contributed by atoms with van der Waals surface area (Å²) < 4.78 is 0. The molecule has 1 aliphatic heterocycles. The maximum Gasteiger partial charge on any atom is 0.353 e. The van der Waals surface area contributed by atoms with Crippen molar-refractivity contribution in [1.82, 2.24) is 14.9 Å². The Morgan fingerprint density at radius 2 is 1.71 bits per heavy atom. The van der Waals surface area contributed by atoms with E-state index in [-0.39, 0.29) is 16.4 Å². The summed E-state index contributed by atoms with van der Waals surface area (Å²) in [6, 6.07) is 18.1. The van der Waals surface area contributed by atoms with Gasteiger partial charge in [0, 0.05) is 38.4 Å². The van der Waals surface area contributed by atoms with Gasteiger partial charge in [0.25, 0.3) is 0 Å². The van der Waals surface area contributed by atoms with Crippen LogP contribution in [0, 0.1) is 10.1 Å². The van der Waals surface area contributed by atoms with Crippen LogP contribution in [0.15, 0.2) is 60.9 Å². The summed E-state index contributed by atoms with van der Waals surface area (Å²) in [5.74, 6) is 0.596. The SMILES string of the molecule is CCc1ccccc1Nc1ncnc(N2CCN(Cc3ccccc3)CC2)c1[N+](=O)[O-]. The van der Waals surface area contributed by atoms with Crippen molar-refractivity contribution in [2.45, 2.75) is 19.9 Å². The normalized spacial score (nSPS) is 14.4. The number of hydrogen-bond donors (Lipinski definition) is 1. The third kappa shape index (κ3) is 4.80. The third-order valence-corrected chi connectivity index (χ3v) is 5.56. The first kappa shape index (κ1) is 20.7. The lowest BCUT2D eigenvalue weighted by Crippen LogP contribution is -2.46. The number of nitrogens with one attached hydrogen (secondary N) is 1. The van der Waals surface area contributed by atoms with Crippen LogP contribution in [0.1, 0.15) is 18.1 Å². The number of nitrogens with zero attached hydrogens (tertiary/aromatic N) is 5. The quantitative estimate of drug-likeness (QED) is 0.458. The molecule has 1 N–H and O–H groups in total. The Labute approximate surface area is 181 Å². The van der Waals surface area contributed by atoms with Gasteiger partial charge in [0.15, 0.2) is 0 Å². The van der Waals surface area contributed by atoms with E-state index in [0.717, 1.165) is 37.3 Å². The van der Waals surface area contributed by atoms with Gasteiger partial charge in [0.05, 0.1) is 4.92 Å². The van der Waals surface area contributed by atoms with Crippen LogP contribution in [0.2, 0.25) is 0 Å². The molecule has 2 aromatic carbocycles. The standard InChI is InChI=1S/C23H26N6O2/c1-2-19-10-6-7-11-20(19)26-22-21(29(30)31)23(25-17-24-22)28-14-12-27(13-15-28)16-18-8-4-3-5-9-18/h3-11,17H,2,12-16H2,1H3,(H,24,25,26). The topological polar surface area (TPSA) is 87.4 Å². The van der Waals surface area contributed by atoms with Crippen LogP contribution < -0.4 is 10.2 Å². The molecule has 0 unspecified atom stereocenters. The zero-order chi connectivity index (χ0) is 21.6. The number of hydrogen-bond acceptors (Lipinski definition) is 7. The molecular formula is C23H26N6O2. The van der Waals surface area contributed by atoms with Crippen LogP contribution in [0.5, 0.6) is 0 Å². The average molecular weight is 419 g/mol. The Kier molecular flexibility index (Phi) is 6.37. The number of anilines is 3. The van der Waals surface area contributed by atoms with E-state index >= 15 is 0 Å². The fourth-order valence-electron chi connectivity index (χ4n) is 3.90. The first-order valence-corrected chi connectivity index (χ1v) is 10.5. The molecule has 1 saturated heterocycles. The molecule has 3 aromatic rings. The summed E-state index contributed by atoms with van der Waals surface area (Å²) in [5.41, 5.74) is 3.09. The second-order valence-corrected chi connectivity index (χ2v) is 7.54. The van der Waals surface area contributed by atoms with E-state index in [1.807, 2.05) is 47.4 Å². The monoisotopic (exact) mass is 418 g/mol. The summed E-state index contributed by atoms with van der Waals surface area (Å²) in [7, 11) is 0. The highest BCUT2D eigenvalue weighted by Gasteiger charge is 2.29. The molecule has 8 nitrogen and oxygen atoms in total. The fourth-order valence-corrected chi connectivity index (χ4v) is 3.90. The lowest BCUT2D eigenvalue weighted by molar-refractivity contribution is -0.383. The molecule has 0 radical (unpaired) electrons. The van der Waals surface area contributed by atoms with Crippen LogP contribution >= 0.6 is 0 Å². The van der Waals surface area contributed by atoms with E-state index in [0.29, 0.717) is 18.9 Å². The molecule has 2 heterocycles. The third-order valence-electron chi connectivity index (χ3n) is 5.56. The van der Waals surface area contributed by atoms with Crippen molar-refractivity contribution in [2.75, 3.05) is 36.4 Å². The van der Waals surface area contributed by atoms with Gasteiger partial charge in [0.2, 0.25) is 11.6 Å². The first-order chi connectivity index (χ1) is 15.2. The number of benzene rings is 2. The minimum Gasteiger partial charge on any atom is -0.348 e. The predicted octanol–water partition coefficient (Wildman–Crippen LogP) is 4.01. The van der Waals surface area contributed by atoms with Crippen LogP contribution in [-0.4, -0.2) is 46.0 Å². The van der Waals surface area contributed by atoms with Crippen molar-refractivity contribution in [2.24, 2.45) is 0 Å². The number of rotatable bonds is 7. The summed E-state index contributed by atoms with van der Waals surface area (Å²) in [6.45, 7) is 5.91. The van der Waals surface area contributed by atoms with Gasteiger partial charge < -0.3 is 10.2 Å². The minimum atomic E-state index is -0.386. The van der Waals surface area contributed by atoms with E-state index in [4.69, 9.17) is 0 Å². The van der Waals surface area contributed by atoms with E-state index in [9.17, 15) is 10.1 Å². The highest BCUT2D eigenvalue weighted by Crippen LogP contribution is 2.34. The Balaban J connectivity index is 1.52. The molecule has 0 aliphatic carbocycles. The number of nitro groups is 1. The van der Waals surface area contributed by atoms with Gasteiger partial charge in [-0.2, -0.15) is 0 Å². The van der Waals surface area contributed by atoms with Gasteiger partial charge in [-0.1, -0.05) is 55.5 Å². The van der Waals surface area contributed by atoms with E-state index in [1.54, 1.807) is 0 Å². The second-order valence-electron chi connectivity index (χ2n) is 7.54. The van der Waals surface area contributed by atoms with Crippen molar-refractivity contribution < 1.29 is 4.92 Å². The summed E-state index contributed by atoms with van der Waals surface area (Å²) >= 11 is 0. The lowest BCUT2D eigenvalue weighted by Gasteiger charge is -2.35. The minimum absolute atomic E-state index is 0.0788. The van der Waals surface area contributed by atoms with E-state index in [2.05, 4.69) is 39.2 Å². The number of piperazine rings is 1. The van der Waals surface area contributed by atoms with Crippen molar-refractivity contribution in [3.8, 4) is 0 Å². The predicted molar refractivity (Wildman–Crippen MR) is 122 cm³/mol. The maximum absolute atomic E-state index is 12.0. The molecule has 4 rings (SSSR count). The van der Waals surface area contributed by atoms with Crippen LogP contribution in [0.25, 0.3) is 0 Å². The van der Waals surface area contributed by atoms with Gasteiger partial charge in [-0.25, -0.2) is 9.97 Å². The van der Waals surface area contributed by atoms with Gasteiger partial charge in [0.1, 0.15) is 6.33 Å². The summed E-state index contributed by atoms with van der Waals surface area (Å²) in [4.78, 5) is 24.4. The van der Waals surface area contributed by atoms with E-state index in [1.165, 1.54) is 11.9 Å². The number of aromatic nitrogens is 2. The van der Waals surface area contributed by atoms with Crippen molar-refractivity contribution in [1.29, 1.82) is 0 Å². The van der Waals surface area contributed by atoms with Crippen LogP contribution in [-0.2, 0) is 13.0 Å². The molecule has 1 aliphatic rings. The molecule has 0 amide bonds. The zero-order valence-corrected chi connectivity index (χ0v) is 17.6. The Morgan fingerprint density at radius 1 is 1.00 bits per heavy atom. The van der Waals surface area contributed by atoms with Crippen molar-refractivity contribution >= 4 is 23.0 Å². The fraction of sp³-hybridized carbons (Fsp3) is 0.304. The first-order valence-electron chi connectivity index (χ1n) is 10.5. The van der Waals surface area contributed by atoms with Crippen molar-refractivity contribution in [3.63, 3.8) is 0 Å². The van der Waals surface area contributed by atoms with Gasteiger partial charge in [-0.3, -0.25) is 15.0 Å². The molecular weight excluding hydrogens is 392 g/mol. The number of para-hydroxylation sites is 1. The van der Waals surface area contributed by atoms with Gasteiger partial charge in [-0.05, 0) is 23.6 Å². The smallest absolute Gasteiger partial charge is 0.348 e. The largest absolute Gasteiger partial charge is 0.353 e. The molecule has 160 valence electrons. The summed E-state index contributed by atoms with van der Waals surface area (Å²) in [5, 5.41) is 15.1. The molecule has 0 bridgehead atoms. The Hall–Kier alpha value is -3.52. The average Bonchev–Trinajstić information content (AvgIpc) is 2.80. The van der Waals surface area contributed by atoms with Gasteiger partial charge >= 0.3 is 5.69 Å². The lowest BCUT2D eigenvalue weighted by atomic mass is 10.1. The Bertz CT molecular complexity index is 1040. The molecule has 31 heavy (non-hydrogen) atoms. The molecule has 0 saturated carbocycles. The Morgan fingerprint density at radius 3 is 2.42 bits per heavy atom. The molecule has 0 spiro atoms. The molecule has 8 heteroatoms. The molecule has 1 aromatic heterocycles. The van der Waals surface area contributed by atoms with Crippen LogP contribution in [0.4, 0.5) is 23.0 Å². The summed E-state index contributed by atoms with van der Waals surface area (Å²) in [6.07, 6.45) is 2.22. The zero-order valence-electron chi connectivity index (χ0n) is 17.6. The second kappa shape index (κ2) is 9.53.